The lowest BCUT2D eigenvalue weighted by Crippen LogP contribution is -2.48. The number of nitrogens with zero attached hydrogens (tertiary/aromatic N) is 1. The zero-order valence-electron chi connectivity index (χ0n) is 10.5. The number of benzene rings is 1. The van der Waals surface area contributed by atoms with E-state index in [1.54, 1.807) is 12.1 Å². The van der Waals surface area contributed by atoms with Crippen molar-refractivity contribution in [2.75, 3.05) is 38.0 Å². The SMILES string of the molecule is COc1ccc(NS(=O)(=O)N2CCNCC2)cc1Cl. The second kappa shape index (κ2) is 5.96. The standard InChI is InChI=1S/C11H16ClN3O3S/c1-18-11-3-2-9(8-10(11)12)14-19(16,17)15-6-4-13-5-7-15/h2-3,8,13-14H,4-7H2,1H3. The minimum absolute atomic E-state index is 0.364. The van der Waals surface area contributed by atoms with Crippen molar-refractivity contribution in [3.8, 4) is 5.75 Å². The molecule has 0 aliphatic carbocycles. The van der Waals surface area contributed by atoms with Gasteiger partial charge < -0.3 is 10.1 Å². The zero-order chi connectivity index (χ0) is 13.9. The molecule has 6 nitrogen and oxygen atoms in total. The van der Waals surface area contributed by atoms with Crippen LogP contribution in [-0.2, 0) is 10.2 Å². The van der Waals surface area contributed by atoms with Gasteiger partial charge in [-0.1, -0.05) is 11.6 Å². The van der Waals surface area contributed by atoms with Gasteiger partial charge in [-0.15, -0.1) is 0 Å². The number of rotatable bonds is 4. The summed E-state index contributed by atoms with van der Waals surface area (Å²) in [5, 5.41) is 3.47. The third-order valence-corrected chi connectivity index (χ3v) is 4.65. The van der Waals surface area contributed by atoms with Crippen LogP contribution in [0.25, 0.3) is 0 Å². The lowest BCUT2D eigenvalue weighted by molar-refractivity contribution is 0.362. The molecule has 2 rings (SSSR count). The van der Waals surface area contributed by atoms with Gasteiger partial charge in [0.1, 0.15) is 5.75 Å². The highest BCUT2D eigenvalue weighted by atomic mass is 35.5. The van der Waals surface area contributed by atoms with E-state index in [-0.39, 0.29) is 0 Å². The summed E-state index contributed by atoms with van der Waals surface area (Å²) in [5.41, 5.74) is 0.421. The van der Waals surface area contributed by atoms with Gasteiger partial charge in [-0.3, -0.25) is 4.72 Å². The van der Waals surface area contributed by atoms with Crippen molar-refractivity contribution >= 4 is 27.5 Å². The minimum atomic E-state index is -3.53. The molecule has 0 atom stereocenters. The molecule has 0 radical (unpaired) electrons. The molecule has 0 saturated carbocycles. The zero-order valence-corrected chi connectivity index (χ0v) is 12.1. The van der Waals surface area contributed by atoms with Crippen LogP contribution in [0, 0.1) is 0 Å². The molecular weight excluding hydrogens is 290 g/mol. The molecule has 2 N–H and O–H groups in total. The molecule has 106 valence electrons. The van der Waals surface area contributed by atoms with Crippen LogP contribution in [0.15, 0.2) is 18.2 Å². The number of anilines is 1. The van der Waals surface area contributed by atoms with Crippen LogP contribution in [0.5, 0.6) is 5.75 Å². The van der Waals surface area contributed by atoms with Crippen molar-refractivity contribution in [1.82, 2.24) is 9.62 Å². The summed E-state index contributed by atoms with van der Waals surface area (Å²) in [6.07, 6.45) is 0. The molecule has 0 spiro atoms. The Morgan fingerprint density at radius 2 is 2.05 bits per heavy atom. The van der Waals surface area contributed by atoms with Crippen LogP contribution in [0.2, 0.25) is 5.02 Å². The van der Waals surface area contributed by atoms with Crippen LogP contribution < -0.4 is 14.8 Å². The summed E-state index contributed by atoms with van der Waals surface area (Å²) in [4.78, 5) is 0. The Labute approximate surface area is 117 Å². The van der Waals surface area contributed by atoms with Crippen molar-refractivity contribution in [2.24, 2.45) is 0 Å². The van der Waals surface area contributed by atoms with Gasteiger partial charge in [-0.05, 0) is 18.2 Å². The summed E-state index contributed by atoms with van der Waals surface area (Å²) in [6.45, 7) is 2.23. The Morgan fingerprint density at radius 1 is 1.37 bits per heavy atom. The smallest absolute Gasteiger partial charge is 0.301 e. The number of nitrogens with one attached hydrogen (secondary N) is 2. The minimum Gasteiger partial charge on any atom is -0.495 e. The Bertz CT molecular complexity index is 544. The molecule has 1 heterocycles. The van der Waals surface area contributed by atoms with Crippen molar-refractivity contribution in [2.45, 2.75) is 0 Å². The Hall–Kier alpha value is -1.02. The third-order valence-electron chi connectivity index (χ3n) is 2.81. The van der Waals surface area contributed by atoms with E-state index in [2.05, 4.69) is 10.0 Å². The molecule has 1 aliphatic rings. The van der Waals surface area contributed by atoms with E-state index in [1.807, 2.05) is 0 Å². The monoisotopic (exact) mass is 305 g/mol. The normalized spacial score (nSPS) is 17.2. The number of piperazine rings is 1. The average Bonchev–Trinajstić information content (AvgIpc) is 2.39. The molecule has 0 unspecified atom stereocenters. The van der Waals surface area contributed by atoms with Crippen molar-refractivity contribution in [3.63, 3.8) is 0 Å². The molecule has 0 aromatic heterocycles. The van der Waals surface area contributed by atoms with E-state index in [9.17, 15) is 8.42 Å². The maximum Gasteiger partial charge on any atom is 0.301 e. The molecule has 1 saturated heterocycles. The molecule has 1 aliphatic heterocycles. The first-order valence-corrected chi connectivity index (χ1v) is 7.67. The van der Waals surface area contributed by atoms with Crippen LogP contribution in [0.1, 0.15) is 0 Å². The van der Waals surface area contributed by atoms with E-state index >= 15 is 0 Å². The molecule has 1 fully saturated rings. The lowest BCUT2D eigenvalue weighted by Gasteiger charge is -2.26. The largest absolute Gasteiger partial charge is 0.495 e. The quantitative estimate of drug-likeness (QED) is 0.867. The van der Waals surface area contributed by atoms with Crippen molar-refractivity contribution in [3.05, 3.63) is 23.2 Å². The fraction of sp³-hybridized carbons (Fsp3) is 0.455. The van der Waals surface area contributed by atoms with Gasteiger partial charge in [0.05, 0.1) is 17.8 Å². The highest BCUT2D eigenvalue weighted by Gasteiger charge is 2.23. The second-order valence-electron chi connectivity index (χ2n) is 4.11. The van der Waals surface area contributed by atoms with Gasteiger partial charge in [0, 0.05) is 26.2 Å². The third kappa shape index (κ3) is 3.50. The Kier molecular flexibility index (Phi) is 4.51. The average molecular weight is 306 g/mol. The molecule has 0 bridgehead atoms. The van der Waals surface area contributed by atoms with E-state index in [1.165, 1.54) is 17.5 Å². The summed E-state index contributed by atoms with van der Waals surface area (Å²) in [7, 11) is -2.02. The predicted octanol–water partition coefficient (Wildman–Crippen LogP) is 0.911. The molecule has 1 aromatic rings. The van der Waals surface area contributed by atoms with Crippen LogP contribution in [-0.4, -0.2) is 46.0 Å². The van der Waals surface area contributed by atoms with Gasteiger partial charge in [-0.2, -0.15) is 12.7 Å². The first-order valence-electron chi connectivity index (χ1n) is 5.85. The topological polar surface area (TPSA) is 70.7 Å². The first-order chi connectivity index (χ1) is 9.03. The van der Waals surface area contributed by atoms with Gasteiger partial charge >= 0.3 is 10.2 Å². The summed E-state index contributed by atoms with van der Waals surface area (Å²) < 4.78 is 33.2. The van der Waals surface area contributed by atoms with Crippen LogP contribution in [0.3, 0.4) is 0 Å². The lowest BCUT2D eigenvalue weighted by atomic mass is 10.3. The van der Waals surface area contributed by atoms with E-state index in [0.29, 0.717) is 42.6 Å². The van der Waals surface area contributed by atoms with Gasteiger partial charge in [-0.25, -0.2) is 0 Å². The molecule has 1 aromatic carbocycles. The number of ether oxygens (including phenoxy) is 1. The fourth-order valence-corrected chi connectivity index (χ4v) is 3.30. The van der Waals surface area contributed by atoms with Crippen LogP contribution in [0.4, 0.5) is 5.69 Å². The second-order valence-corrected chi connectivity index (χ2v) is 6.18. The molecule has 8 heteroatoms. The highest BCUT2D eigenvalue weighted by Crippen LogP contribution is 2.27. The Morgan fingerprint density at radius 3 is 2.63 bits per heavy atom. The molecule has 19 heavy (non-hydrogen) atoms. The maximum absolute atomic E-state index is 12.1. The van der Waals surface area contributed by atoms with E-state index in [4.69, 9.17) is 16.3 Å². The summed E-state index contributed by atoms with van der Waals surface area (Å²) in [6, 6.07) is 4.77. The van der Waals surface area contributed by atoms with Crippen molar-refractivity contribution in [1.29, 1.82) is 0 Å². The van der Waals surface area contributed by atoms with Gasteiger partial charge in [0.25, 0.3) is 0 Å². The van der Waals surface area contributed by atoms with Gasteiger partial charge in [0.2, 0.25) is 0 Å². The highest BCUT2D eigenvalue weighted by molar-refractivity contribution is 7.90. The molecular formula is C11H16ClN3O3S. The number of methoxy groups -OCH3 is 1. The number of halogens is 1. The van der Waals surface area contributed by atoms with E-state index in [0.717, 1.165) is 0 Å². The Balaban J connectivity index is 2.13. The van der Waals surface area contributed by atoms with Gasteiger partial charge in [0.15, 0.2) is 0 Å². The molecule has 0 amide bonds. The predicted molar refractivity (Wildman–Crippen MR) is 75.0 cm³/mol. The summed E-state index contributed by atoms with van der Waals surface area (Å²) in [5.74, 6) is 0.506. The van der Waals surface area contributed by atoms with E-state index < -0.39 is 10.2 Å². The number of hydrogen-bond acceptors (Lipinski definition) is 4. The maximum atomic E-state index is 12.1. The van der Waals surface area contributed by atoms with Crippen molar-refractivity contribution < 1.29 is 13.2 Å². The number of hydrogen-bond donors (Lipinski definition) is 2. The van der Waals surface area contributed by atoms with Crippen LogP contribution >= 0.6 is 11.6 Å². The summed E-state index contributed by atoms with van der Waals surface area (Å²) >= 11 is 5.96. The first kappa shape index (κ1) is 14.4. The fourth-order valence-electron chi connectivity index (χ4n) is 1.83.